The molecule has 0 bridgehead atoms. The van der Waals surface area contributed by atoms with Crippen molar-refractivity contribution in [2.24, 2.45) is 0 Å². The second-order valence-electron chi connectivity index (χ2n) is 5.42. The maximum atomic E-state index is 13.0. The number of carbonyl (C=O) groups excluding carboxylic acids is 1. The summed E-state index contributed by atoms with van der Waals surface area (Å²) in [5.74, 6) is -0.516. The summed E-state index contributed by atoms with van der Waals surface area (Å²) in [6.45, 7) is 0.640. The summed E-state index contributed by atoms with van der Waals surface area (Å²) in [5.41, 5.74) is -1.44. The molecular weight excluding hydrogens is 385 g/mol. The molecule has 11 heteroatoms. The molecule has 0 aliphatic carbocycles. The fourth-order valence-corrected chi connectivity index (χ4v) is 3.39. The highest BCUT2D eigenvalue weighted by Crippen LogP contribution is 2.37. The number of sulfonamides is 1. The first-order chi connectivity index (χ1) is 11.5. The van der Waals surface area contributed by atoms with E-state index in [0.29, 0.717) is 36.7 Å². The van der Waals surface area contributed by atoms with Gasteiger partial charge < -0.3 is 9.64 Å². The van der Waals surface area contributed by atoms with Crippen LogP contribution in [0.1, 0.15) is 5.56 Å². The zero-order valence-electron chi connectivity index (χ0n) is 13.2. The van der Waals surface area contributed by atoms with Crippen LogP contribution in [0.4, 0.5) is 18.9 Å². The lowest BCUT2D eigenvalue weighted by molar-refractivity contribution is -0.137. The largest absolute Gasteiger partial charge is 0.417 e. The van der Waals surface area contributed by atoms with Crippen molar-refractivity contribution in [1.82, 2.24) is 4.90 Å². The number of halogens is 4. The number of ether oxygens (including phenoxy) is 1. The van der Waals surface area contributed by atoms with Gasteiger partial charge >= 0.3 is 6.18 Å². The molecule has 2 rings (SSSR count). The number of carbonyl (C=O) groups is 1. The Balaban J connectivity index is 2.34. The number of hydrogen-bond donors (Lipinski definition) is 0. The summed E-state index contributed by atoms with van der Waals surface area (Å²) in [7, 11) is -3.98. The fraction of sp³-hybridized carbons (Fsp3) is 0.500. The van der Waals surface area contributed by atoms with E-state index in [1.165, 1.54) is 4.90 Å². The lowest BCUT2D eigenvalue weighted by Crippen LogP contribution is -2.47. The average molecular weight is 401 g/mol. The molecular formula is C14H16ClF3N2O4S. The van der Waals surface area contributed by atoms with E-state index in [0.717, 1.165) is 18.4 Å². The van der Waals surface area contributed by atoms with Gasteiger partial charge in [0.25, 0.3) is 0 Å². The normalized spacial score (nSPS) is 16.0. The van der Waals surface area contributed by atoms with Gasteiger partial charge in [0, 0.05) is 13.1 Å². The first-order valence-corrected chi connectivity index (χ1v) is 9.43. The monoisotopic (exact) mass is 400 g/mol. The first kappa shape index (κ1) is 19.8. The van der Waals surface area contributed by atoms with E-state index < -0.39 is 39.2 Å². The van der Waals surface area contributed by atoms with Crippen LogP contribution in [0.2, 0.25) is 5.02 Å². The first-order valence-electron chi connectivity index (χ1n) is 7.20. The van der Waals surface area contributed by atoms with Gasteiger partial charge in [-0.05, 0) is 18.2 Å². The van der Waals surface area contributed by atoms with Crippen molar-refractivity contribution in [2.75, 3.05) is 43.4 Å². The Morgan fingerprint density at radius 1 is 1.32 bits per heavy atom. The van der Waals surface area contributed by atoms with E-state index in [1.54, 1.807) is 0 Å². The van der Waals surface area contributed by atoms with Gasteiger partial charge in [-0.3, -0.25) is 9.10 Å². The summed E-state index contributed by atoms with van der Waals surface area (Å²) in [4.78, 5) is 13.7. The Hall–Kier alpha value is -1.52. The summed E-state index contributed by atoms with van der Waals surface area (Å²) >= 11 is 5.55. The third kappa shape index (κ3) is 4.99. The molecule has 0 aromatic heterocycles. The van der Waals surface area contributed by atoms with Gasteiger partial charge in [0.05, 0.1) is 35.7 Å². The molecule has 1 aromatic carbocycles. The lowest BCUT2D eigenvalue weighted by Gasteiger charge is -2.30. The molecule has 140 valence electrons. The van der Waals surface area contributed by atoms with Crippen molar-refractivity contribution in [2.45, 2.75) is 6.18 Å². The number of benzene rings is 1. The SMILES string of the molecule is CS(=O)(=O)N(CC(=O)N1CCOCC1)c1ccc(Cl)c(C(F)(F)F)c1. The molecule has 1 aromatic rings. The minimum atomic E-state index is -4.75. The van der Waals surface area contributed by atoms with Crippen molar-refractivity contribution >= 4 is 33.2 Å². The maximum Gasteiger partial charge on any atom is 0.417 e. The van der Waals surface area contributed by atoms with E-state index >= 15 is 0 Å². The summed E-state index contributed by atoms with van der Waals surface area (Å²) in [6.07, 6.45) is -3.92. The van der Waals surface area contributed by atoms with Gasteiger partial charge in [0.2, 0.25) is 15.9 Å². The molecule has 0 spiro atoms. The van der Waals surface area contributed by atoms with Crippen molar-refractivity contribution in [3.63, 3.8) is 0 Å². The number of nitrogens with zero attached hydrogens (tertiary/aromatic N) is 2. The number of alkyl halides is 3. The predicted molar refractivity (Wildman–Crippen MR) is 86.0 cm³/mol. The summed E-state index contributed by atoms with van der Waals surface area (Å²) in [6, 6.07) is 2.71. The molecule has 1 saturated heterocycles. The maximum absolute atomic E-state index is 13.0. The zero-order chi connectivity index (χ0) is 18.8. The molecule has 1 fully saturated rings. The highest BCUT2D eigenvalue weighted by Gasteiger charge is 2.35. The van der Waals surface area contributed by atoms with Crippen LogP contribution in [0.15, 0.2) is 18.2 Å². The van der Waals surface area contributed by atoms with Gasteiger partial charge in [-0.1, -0.05) is 11.6 Å². The Morgan fingerprint density at radius 3 is 2.44 bits per heavy atom. The van der Waals surface area contributed by atoms with Gasteiger partial charge in [0.15, 0.2) is 0 Å². The molecule has 0 unspecified atom stereocenters. The van der Waals surface area contributed by atoms with E-state index in [-0.39, 0.29) is 5.69 Å². The molecule has 6 nitrogen and oxygen atoms in total. The van der Waals surface area contributed by atoms with Crippen LogP contribution in [-0.4, -0.2) is 58.3 Å². The highest BCUT2D eigenvalue weighted by molar-refractivity contribution is 7.92. The second kappa shape index (κ2) is 7.38. The van der Waals surface area contributed by atoms with Crippen LogP contribution in [0, 0.1) is 0 Å². The smallest absolute Gasteiger partial charge is 0.378 e. The number of amides is 1. The van der Waals surface area contributed by atoms with Crippen LogP contribution < -0.4 is 4.31 Å². The van der Waals surface area contributed by atoms with Gasteiger partial charge in [0.1, 0.15) is 6.54 Å². The summed E-state index contributed by atoms with van der Waals surface area (Å²) in [5, 5.41) is -0.552. The standard InChI is InChI=1S/C14H16ClF3N2O4S/c1-25(22,23)20(9-13(21)19-4-6-24-7-5-19)10-2-3-12(15)11(8-10)14(16,17)18/h2-3,8H,4-7,9H2,1H3. The molecule has 0 saturated carbocycles. The third-order valence-corrected chi connectivity index (χ3v) is 5.06. The Kier molecular flexibility index (Phi) is 5.85. The molecule has 1 aliphatic heterocycles. The van der Waals surface area contributed by atoms with Crippen molar-refractivity contribution in [3.8, 4) is 0 Å². The molecule has 1 heterocycles. The van der Waals surface area contributed by atoms with Crippen molar-refractivity contribution in [3.05, 3.63) is 28.8 Å². The molecule has 0 atom stereocenters. The van der Waals surface area contributed by atoms with Crippen molar-refractivity contribution < 1.29 is 31.1 Å². The molecule has 0 N–H and O–H groups in total. The minimum Gasteiger partial charge on any atom is -0.378 e. The van der Waals surface area contributed by atoms with Crippen molar-refractivity contribution in [1.29, 1.82) is 0 Å². The highest BCUT2D eigenvalue weighted by atomic mass is 35.5. The predicted octanol–water partition coefficient (Wildman–Crippen LogP) is 1.98. The topological polar surface area (TPSA) is 66.9 Å². The molecule has 1 aliphatic rings. The van der Waals surface area contributed by atoms with Crippen LogP contribution in [-0.2, 0) is 25.7 Å². The molecule has 25 heavy (non-hydrogen) atoms. The number of hydrogen-bond acceptors (Lipinski definition) is 4. The van der Waals surface area contributed by atoms with Gasteiger partial charge in [-0.2, -0.15) is 13.2 Å². The second-order valence-corrected chi connectivity index (χ2v) is 7.74. The zero-order valence-corrected chi connectivity index (χ0v) is 14.8. The van der Waals surface area contributed by atoms with Crippen LogP contribution in [0.3, 0.4) is 0 Å². The van der Waals surface area contributed by atoms with Crippen LogP contribution in [0.25, 0.3) is 0 Å². The van der Waals surface area contributed by atoms with Gasteiger partial charge in [-0.25, -0.2) is 8.42 Å². The molecule has 1 amide bonds. The van der Waals surface area contributed by atoms with E-state index in [9.17, 15) is 26.4 Å². The average Bonchev–Trinajstić information content (AvgIpc) is 2.52. The Bertz CT molecular complexity index is 749. The van der Waals surface area contributed by atoms with E-state index in [2.05, 4.69) is 0 Å². The number of morpholine rings is 1. The lowest BCUT2D eigenvalue weighted by atomic mass is 10.2. The number of rotatable bonds is 4. The Labute approximate surface area is 148 Å². The van der Waals surface area contributed by atoms with E-state index in [4.69, 9.17) is 16.3 Å². The third-order valence-electron chi connectivity index (χ3n) is 3.59. The summed E-state index contributed by atoms with van der Waals surface area (Å²) < 4.78 is 68.8. The van der Waals surface area contributed by atoms with E-state index in [1.807, 2.05) is 0 Å². The Morgan fingerprint density at radius 2 is 1.92 bits per heavy atom. The minimum absolute atomic E-state index is 0.277. The van der Waals surface area contributed by atoms with Crippen LogP contribution in [0.5, 0.6) is 0 Å². The quantitative estimate of drug-likeness (QED) is 0.775. The van der Waals surface area contributed by atoms with Crippen LogP contribution >= 0.6 is 11.6 Å². The molecule has 0 radical (unpaired) electrons. The fourth-order valence-electron chi connectivity index (χ4n) is 2.32. The number of anilines is 1. The van der Waals surface area contributed by atoms with Gasteiger partial charge in [-0.15, -0.1) is 0 Å².